The lowest BCUT2D eigenvalue weighted by molar-refractivity contribution is -0.0615. The van der Waals surface area contributed by atoms with Crippen LogP contribution < -0.4 is 10.6 Å². The first-order valence-corrected chi connectivity index (χ1v) is 12.3. The van der Waals surface area contributed by atoms with Crippen LogP contribution in [0.25, 0.3) is 0 Å². The number of benzene rings is 2. The van der Waals surface area contributed by atoms with Crippen molar-refractivity contribution in [2.24, 2.45) is 5.92 Å². The van der Waals surface area contributed by atoms with Gasteiger partial charge in [-0.2, -0.15) is 0 Å². The Morgan fingerprint density at radius 1 is 1.11 bits per heavy atom. The van der Waals surface area contributed by atoms with Crippen molar-refractivity contribution >= 4 is 17.5 Å². The molecule has 0 bridgehead atoms. The molecule has 2 aromatic carbocycles. The highest BCUT2D eigenvalue weighted by molar-refractivity contribution is 5.96. The Labute approximate surface area is 205 Å². The number of carbonyl (C=O) groups is 2. The molecule has 2 aromatic rings. The zero-order valence-corrected chi connectivity index (χ0v) is 20.0. The van der Waals surface area contributed by atoms with E-state index in [0.717, 1.165) is 37.9 Å². The second-order valence-corrected chi connectivity index (χ2v) is 9.62. The minimum Gasteiger partial charge on any atom is -0.372 e. The van der Waals surface area contributed by atoms with Crippen molar-refractivity contribution in [1.29, 1.82) is 0 Å². The van der Waals surface area contributed by atoms with Crippen LogP contribution in [0.5, 0.6) is 0 Å². The van der Waals surface area contributed by atoms with E-state index in [1.54, 1.807) is 24.3 Å². The van der Waals surface area contributed by atoms with Gasteiger partial charge in [-0.1, -0.05) is 24.3 Å². The third-order valence-corrected chi connectivity index (χ3v) is 6.88. The van der Waals surface area contributed by atoms with Gasteiger partial charge in [0.15, 0.2) is 5.78 Å². The molecule has 188 valence electrons. The van der Waals surface area contributed by atoms with Crippen LogP contribution in [0.2, 0.25) is 0 Å². The molecule has 6 nitrogen and oxygen atoms in total. The summed E-state index contributed by atoms with van der Waals surface area (Å²) in [5, 5.41) is 5.61. The van der Waals surface area contributed by atoms with E-state index >= 15 is 0 Å². The molecule has 3 atom stereocenters. The first-order valence-electron chi connectivity index (χ1n) is 12.3. The van der Waals surface area contributed by atoms with Gasteiger partial charge in [-0.15, -0.1) is 0 Å². The number of ether oxygens (including phenoxy) is 1. The largest absolute Gasteiger partial charge is 0.372 e. The Balaban J connectivity index is 1.28. The van der Waals surface area contributed by atoms with Crippen LogP contribution in [0.1, 0.15) is 42.1 Å². The second-order valence-electron chi connectivity index (χ2n) is 9.62. The fraction of sp³-hybridized carbons (Fsp3) is 0.481. The number of piperidine rings is 1. The highest BCUT2D eigenvalue weighted by atomic mass is 19.1. The van der Waals surface area contributed by atoms with E-state index in [9.17, 15) is 18.4 Å². The van der Waals surface area contributed by atoms with Gasteiger partial charge in [0.2, 0.25) is 0 Å². The lowest BCUT2D eigenvalue weighted by Crippen LogP contribution is -2.55. The third-order valence-electron chi connectivity index (χ3n) is 6.88. The number of hydrogen-bond donors (Lipinski definition) is 2. The van der Waals surface area contributed by atoms with E-state index in [0.29, 0.717) is 23.7 Å². The van der Waals surface area contributed by atoms with Gasteiger partial charge in [0, 0.05) is 24.2 Å². The standard InChI is InChI=1S/C27H33F2N3O3/c1-18(33)21-3-2-4-24(14-21)30-27(34)31-25-15-23(29)17-35-26(25)16-32-11-9-20(10-12-32)13-19-5-7-22(28)8-6-19/h2-8,14,20,23,25-26H,9-13,15-17H2,1H3,(H2,30,31,34)/t23-,25-,26-/m1/s1. The van der Waals surface area contributed by atoms with Gasteiger partial charge >= 0.3 is 6.03 Å². The smallest absolute Gasteiger partial charge is 0.319 e. The number of anilines is 1. The average Bonchev–Trinajstić information content (AvgIpc) is 2.83. The second kappa shape index (κ2) is 11.7. The number of amides is 2. The molecule has 0 aliphatic carbocycles. The first kappa shape index (κ1) is 25.3. The molecule has 2 amide bonds. The predicted molar refractivity (Wildman–Crippen MR) is 131 cm³/mol. The van der Waals surface area contributed by atoms with Crippen LogP contribution in [-0.4, -0.2) is 61.3 Å². The van der Waals surface area contributed by atoms with Crippen molar-refractivity contribution in [2.75, 3.05) is 31.6 Å². The summed E-state index contributed by atoms with van der Waals surface area (Å²) >= 11 is 0. The average molecular weight is 486 g/mol. The number of ketones is 1. The molecule has 0 spiro atoms. The van der Waals surface area contributed by atoms with Crippen LogP contribution in [0.3, 0.4) is 0 Å². The summed E-state index contributed by atoms with van der Waals surface area (Å²) in [6.07, 6.45) is 1.77. The maximum absolute atomic E-state index is 14.1. The number of alkyl halides is 1. The number of urea groups is 1. The van der Waals surface area contributed by atoms with Crippen molar-refractivity contribution in [3.63, 3.8) is 0 Å². The highest BCUT2D eigenvalue weighted by Crippen LogP contribution is 2.24. The van der Waals surface area contributed by atoms with E-state index < -0.39 is 18.2 Å². The number of rotatable bonds is 7. The van der Waals surface area contributed by atoms with Crippen LogP contribution >= 0.6 is 0 Å². The number of halogens is 2. The molecule has 0 radical (unpaired) electrons. The van der Waals surface area contributed by atoms with Gasteiger partial charge in [-0.25, -0.2) is 13.6 Å². The van der Waals surface area contributed by atoms with Gasteiger partial charge in [0.05, 0.1) is 18.8 Å². The Morgan fingerprint density at radius 2 is 1.86 bits per heavy atom. The molecule has 0 unspecified atom stereocenters. The van der Waals surface area contributed by atoms with Crippen molar-refractivity contribution < 1.29 is 23.1 Å². The van der Waals surface area contributed by atoms with Crippen LogP contribution in [0, 0.1) is 11.7 Å². The number of Topliss-reactive ketones (excluding diaryl/α,β-unsaturated/α-hetero) is 1. The van der Waals surface area contributed by atoms with Gasteiger partial charge in [-0.05, 0) is 75.0 Å². The van der Waals surface area contributed by atoms with Crippen molar-refractivity contribution in [1.82, 2.24) is 10.2 Å². The SMILES string of the molecule is CC(=O)c1cccc(NC(=O)N[C@@H]2C[C@@H](F)CO[C@@H]2CN2CCC(Cc3ccc(F)cc3)CC2)c1. The molecular weight excluding hydrogens is 452 g/mol. The summed E-state index contributed by atoms with van der Waals surface area (Å²) < 4.78 is 33.1. The Kier molecular flexibility index (Phi) is 8.46. The number of carbonyl (C=O) groups excluding carboxylic acids is 2. The van der Waals surface area contributed by atoms with Crippen molar-refractivity contribution in [3.8, 4) is 0 Å². The number of likely N-dealkylation sites (tertiary alicyclic amines) is 1. The number of hydrogen-bond acceptors (Lipinski definition) is 4. The lowest BCUT2D eigenvalue weighted by atomic mass is 9.89. The van der Waals surface area contributed by atoms with E-state index in [1.807, 2.05) is 12.1 Å². The summed E-state index contributed by atoms with van der Waals surface area (Å²) in [6.45, 7) is 3.94. The monoisotopic (exact) mass is 485 g/mol. The number of nitrogens with zero attached hydrogens (tertiary/aromatic N) is 1. The van der Waals surface area contributed by atoms with E-state index in [4.69, 9.17) is 4.74 Å². The van der Waals surface area contributed by atoms with E-state index in [2.05, 4.69) is 15.5 Å². The summed E-state index contributed by atoms with van der Waals surface area (Å²) in [5.74, 6) is 0.245. The normalized spacial score (nSPS) is 23.6. The van der Waals surface area contributed by atoms with Gasteiger partial charge in [-0.3, -0.25) is 4.79 Å². The maximum atomic E-state index is 14.1. The fourth-order valence-corrected chi connectivity index (χ4v) is 4.90. The van der Waals surface area contributed by atoms with Crippen LogP contribution in [-0.2, 0) is 11.2 Å². The fourth-order valence-electron chi connectivity index (χ4n) is 4.90. The Hall–Kier alpha value is -2.84. The molecule has 0 aromatic heterocycles. The number of nitrogens with one attached hydrogen (secondary N) is 2. The molecule has 2 aliphatic heterocycles. The van der Waals surface area contributed by atoms with Crippen molar-refractivity contribution in [2.45, 2.75) is 50.9 Å². The molecular formula is C27H33F2N3O3. The minimum absolute atomic E-state index is 0.0339. The molecule has 0 saturated carbocycles. The quantitative estimate of drug-likeness (QED) is 0.563. The Morgan fingerprint density at radius 3 is 2.57 bits per heavy atom. The maximum Gasteiger partial charge on any atom is 0.319 e. The Bertz CT molecular complexity index is 1010. The van der Waals surface area contributed by atoms with Gasteiger partial charge < -0.3 is 20.3 Å². The van der Waals surface area contributed by atoms with Crippen LogP contribution in [0.4, 0.5) is 19.3 Å². The molecule has 4 rings (SSSR count). The van der Waals surface area contributed by atoms with E-state index in [1.165, 1.54) is 19.1 Å². The topological polar surface area (TPSA) is 70.7 Å². The van der Waals surface area contributed by atoms with E-state index in [-0.39, 0.29) is 30.7 Å². The molecule has 2 heterocycles. The lowest BCUT2D eigenvalue weighted by Gasteiger charge is -2.39. The first-order chi connectivity index (χ1) is 16.9. The summed E-state index contributed by atoms with van der Waals surface area (Å²) in [5.41, 5.74) is 2.16. The molecule has 2 aliphatic rings. The molecule has 8 heteroatoms. The predicted octanol–water partition coefficient (Wildman–Crippen LogP) is 4.60. The summed E-state index contributed by atoms with van der Waals surface area (Å²) in [6, 6.07) is 12.5. The van der Waals surface area contributed by atoms with Gasteiger partial charge in [0.1, 0.15) is 12.0 Å². The third kappa shape index (κ3) is 7.32. The van der Waals surface area contributed by atoms with Crippen LogP contribution in [0.15, 0.2) is 48.5 Å². The van der Waals surface area contributed by atoms with Crippen molar-refractivity contribution in [3.05, 3.63) is 65.5 Å². The zero-order chi connectivity index (χ0) is 24.8. The molecule has 35 heavy (non-hydrogen) atoms. The molecule has 2 fully saturated rings. The molecule has 2 saturated heterocycles. The summed E-state index contributed by atoms with van der Waals surface area (Å²) in [4.78, 5) is 26.5. The summed E-state index contributed by atoms with van der Waals surface area (Å²) in [7, 11) is 0. The zero-order valence-electron chi connectivity index (χ0n) is 20.0. The van der Waals surface area contributed by atoms with Gasteiger partial charge in [0.25, 0.3) is 0 Å². The highest BCUT2D eigenvalue weighted by Gasteiger charge is 2.34. The molecule has 2 N–H and O–H groups in total. The minimum atomic E-state index is -1.13.